The third kappa shape index (κ3) is 4.60. The van der Waals surface area contributed by atoms with Gasteiger partial charge in [-0.25, -0.2) is 0 Å². The number of alkyl halides is 1. The second kappa shape index (κ2) is 8.69. The molecule has 2 saturated heterocycles. The quantitative estimate of drug-likeness (QED) is 0.264. The van der Waals surface area contributed by atoms with Crippen LogP contribution in [0.2, 0.25) is 0 Å². The Kier molecular flexibility index (Phi) is 6.31. The van der Waals surface area contributed by atoms with Gasteiger partial charge in [-0.2, -0.15) is 0 Å². The fraction of sp³-hybridized carbons (Fsp3) is 0.609. The molecule has 1 aliphatic carbocycles. The van der Waals surface area contributed by atoms with E-state index in [1.54, 1.807) is 13.8 Å². The van der Waals surface area contributed by atoms with Gasteiger partial charge in [0.2, 0.25) is 0 Å². The number of hydrogen-bond acceptors (Lipinski definition) is 6. The van der Waals surface area contributed by atoms with Gasteiger partial charge in [-0.3, -0.25) is 14.4 Å². The summed E-state index contributed by atoms with van der Waals surface area (Å²) in [6.07, 6.45) is 0.939. The topological polar surface area (TPSA) is 95.5 Å². The van der Waals surface area contributed by atoms with Crippen molar-refractivity contribution in [2.45, 2.75) is 60.8 Å². The molecular weight excluding hydrogens is 513 g/mol. The lowest BCUT2D eigenvalue weighted by Crippen LogP contribution is -2.87. The van der Waals surface area contributed by atoms with Crippen molar-refractivity contribution in [2.75, 3.05) is 13.1 Å². The third-order valence-corrected chi connectivity index (χ3v) is 7.03. The van der Waals surface area contributed by atoms with Gasteiger partial charge >= 0.3 is 17.9 Å². The van der Waals surface area contributed by atoms with E-state index in [1.165, 1.54) is 0 Å². The molecule has 2 heterocycles. The average Bonchev–Trinajstić information content (AvgIpc) is 3.07. The fourth-order valence-corrected chi connectivity index (χ4v) is 4.94. The van der Waals surface area contributed by atoms with Crippen LogP contribution in [0.5, 0.6) is 0 Å². The number of carbonyl (C=O) groups excluding carboxylic acids is 3. The van der Waals surface area contributed by atoms with E-state index in [-0.39, 0.29) is 12.4 Å². The van der Waals surface area contributed by atoms with E-state index in [2.05, 4.69) is 5.32 Å². The first-order valence-corrected chi connectivity index (χ1v) is 12.0. The maximum Gasteiger partial charge on any atom is 0.321 e. The van der Waals surface area contributed by atoms with Crippen LogP contribution in [-0.4, -0.2) is 46.6 Å². The monoisotopic (exact) mass is 542 g/mol. The lowest BCUT2D eigenvalue weighted by atomic mass is 9.78. The first-order chi connectivity index (χ1) is 14.7. The summed E-state index contributed by atoms with van der Waals surface area (Å²) in [6.45, 7) is 5.26. The molecule has 4 atom stereocenters. The van der Waals surface area contributed by atoms with Crippen molar-refractivity contribution < 1.29 is 33.9 Å². The lowest BCUT2D eigenvalue weighted by Gasteiger charge is -2.38. The summed E-state index contributed by atoms with van der Waals surface area (Å²) in [5.41, 5.74) is 0.289. The van der Waals surface area contributed by atoms with E-state index in [4.69, 9.17) is 14.2 Å². The number of ether oxygens (including phenoxy) is 3. The Morgan fingerprint density at radius 2 is 1.84 bits per heavy atom. The van der Waals surface area contributed by atoms with Gasteiger partial charge in [0.1, 0.15) is 21.2 Å². The maximum atomic E-state index is 13.4. The predicted octanol–water partition coefficient (Wildman–Crippen LogP) is 1.86. The Labute approximate surface area is 195 Å². The highest BCUT2D eigenvalue weighted by molar-refractivity contribution is 14.1. The first-order valence-electron chi connectivity index (χ1n) is 10.9. The number of carbonyl (C=O) groups is 3. The van der Waals surface area contributed by atoms with E-state index in [1.807, 2.05) is 52.9 Å². The summed E-state index contributed by atoms with van der Waals surface area (Å²) >= 11 is 2.02. The van der Waals surface area contributed by atoms with Crippen LogP contribution in [0.3, 0.4) is 0 Å². The van der Waals surface area contributed by atoms with Crippen LogP contribution in [0, 0.1) is 11.8 Å². The molecule has 2 N–H and O–H groups in total. The standard InChI is InChI=1S/C23H28INO6/c1-22(2,24)21(28)30-18-13-16(15-12-17(18)29-19(15)26)20(27)31-23(8-10-25-11-9-23)14-6-4-3-5-7-14/h3-7,15-18,25H,8-13H2,1-2H3/p+1. The minimum absolute atomic E-state index is 0.245. The molecule has 0 radical (unpaired) electrons. The van der Waals surface area contributed by atoms with Gasteiger partial charge in [0, 0.05) is 25.7 Å². The van der Waals surface area contributed by atoms with Gasteiger partial charge in [-0.05, 0) is 19.4 Å². The number of nitrogens with two attached hydrogens (primary N) is 1. The van der Waals surface area contributed by atoms with E-state index in [9.17, 15) is 14.4 Å². The highest BCUT2D eigenvalue weighted by Crippen LogP contribution is 2.43. The van der Waals surface area contributed by atoms with Crippen LogP contribution < -0.4 is 5.32 Å². The number of hydrogen-bond donors (Lipinski definition) is 1. The molecule has 4 rings (SSSR count). The maximum absolute atomic E-state index is 13.4. The van der Waals surface area contributed by atoms with E-state index >= 15 is 0 Å². The van der Waals surface area contributed by atoms with Crippen molar-refractivity contribution >= 4 is 40.5 Å². The Bertz CT molecular complexity index is 845. The molecule has 3 fully saturated rings. The molecule has 1 saturated carbocycles. The van der Waals surface area contributed by atoms with Crippen molar-refractivity contribution in [1.29, 1.82) is 0 Å². The minimum atomic E-state index is -0.705. The largest absolute Gasteiger partial charge is 0.458 e. The van der Waals surface area contributed by atoms with Crippen LogP contribution in [0.1, 0.15) is 45.1 Å². The molecule has 1 aromatic carbocycles. The molecule has 2 bridgehead atoms. The Morgan fingerprint density at radius 3 is 2.48 bits per heavy atom. The zero-order chi connectivity index (χ0) is 22.2. The highest BCUT2D eigenvalue weighted by atomic mass is 127. The number of fused-ring (bicyclic) bond motifs is 2. The van der Waals surface area contributed by atoms with Crippen molar-refractivity contribution in [2.24, 2.45) is 11.8 Å². The summed E-state index contributed by atoms with van der Waals surface area (Å²) < 4.78 is 16.6. The Balaban J connectivity index is 1.55. The SMILES string of the molecule is CC(C)(I)C(=O)OC1CC(C(=O)OC2(c3ccccc3)CC[NH2+]CC2)C2CC1OC2=O. The number of benzene rings is 1. The van der Waals surface area contributed by atoms with Crippen LogP contribution in [0.15, 0.2) is 30.3 Å². The molecule has 4 unspecified atom stereocenters. The number of halogens is 1. The summed E-state index contributed by atoms with van der Waals surface area (Å²) in [6, 6.07) is 9.82. The van der Waals surface area contributed by atoms with Gasteiger partial charge in [0.25, 0.3) is 0 Å². The summed E-state index contributed by atoms with van der Waals surface area (Å²) in [5.74, 6) is -2.39. The molecule has 0 spiro atoms. The smallest absolute Gasteiger partial charge is 0.321 e. The average molecular weight is 542 g/mol. The Morgan fingerprint density at radius 1 is 1.16 bits per heavy atom. The van der Waals surface area contributed by atoms with E-state index < -0.39 is 45.0 Å². The van der Waals surface area contributed by atoms with Crippen molar-refractivity contribution in [3.63, 3.8) is 0 Å². The molecule has 2 aliphatic heterocycles. The molecule has 8 heteroatoms. The zero-order valence-corrected chi connectivity index (χ0v) is 20.0. The Hall–Kier alpha value is -1.68. The number of quaternary nitrogens is 1. The number of rotatable bonds is 5. The summed E-state index contributed by atoms with van der Waals surface area (Å²) in [4.78, 5) is 38.3. The molecule has 31 heavy (non-hydrogen) atoms. The van der Waals surface area contributed by atoms with Crippen LogP contribution in [-0.2, 0) is 34.2 Å². The molecule has 3 aliphatic rings. The molecule has 1 aromatic rings. The zero-order valence-electron chi connectivity index (χ0n) is 17.8. The normalized spacial score (nSPS) is 29.7. The van der Waals surface area contributed by atoms with E-state index in [0.717, 1.165) is 18.7 Å². The molecular formula is C23H29INO6+. The van der Waals surface area contributed by atoms with Gasteiger partial charge in [0.05, 0.1) is 24.9 Å². The van der Waals surface area contributed by atoms with Crippen molar-refractivity contribution in [3.8, 4) is 0 Å². The van der Waals surface area contributed by atoms with Gasteiger partial charge in [-0.15, -0.1) is 0 Å². The van der Waals surface area contributed by atoms with Crippen LogP contribution >= 0.6 is 22.6 Å². The van der Waals surface area contributed by atoms with Gasteiger partial charge in [-0.1, -0.05) is 52.9 Å². The van der Waals surface area contributed by atoms with E-state index in [0.29, 0.717) is 19.3 Å². The molecule has 0 aromatic heterocycles. The number of esters is 3. The summed E-state index contributed by atoms with van der Waals surface area (Å²) in [5, 5.41) is 2.22. The van der Waals surface area contributed by atoms with Crippen LogP contribution in [0.25, 0.3) is 0 Å². The van der Waals surface area contributed by atoms with Gasteiger partial charge < -0.3 is 19.5 Å². The first kappa shape index (κ1) is 22.5. The van der Waals surface area contributed by atoms with Gasteiger partial charge in [0.15, 0.2) is 0 Å². The minimum Gasteiger partial charge on any atom is -0.458 e. The predicted molar refractivity (Wildman–Crippen MR) is 119 cm³/mol. The lowest BCUT2D eigenvalue weighted by molar-refractivity contribution is -0.668. The van der Waals surface area contributed by atoms with Crippen molar-refractivity contribution in [3.05, 3.63) is 35.9 Å². The second-order valence-electron chi connectivity index (χ2n) is 9.22. The molecule has 0 amide bonds. The van der Waals surface area contributed by atoms with Crippen molar-refractivity contribution in [1.82, 2.24) is 0 Å². The highest BCUT2D eigenvalue weighted by Gasteiger charge is 2.55. The molecule has 7 nitrogen and oxygen atoms in total. The fourth-order valence-electron chi connectivity index (χ4n) is 4.82. The summed E-state index contributed by atoms with van der Waals surface area (Å²) in [7, 11) is 0. The number of piperidine rings is 1. The van der Waals surface area contributed by atoms with Crippen LogP contribution in [0.4, 0.5) is 0 Å². The second-order valence-corrected chi connectivity index (χ2v) is 11.9. The molecule has 168 valence electrons. The third-order valence-electron chi connectivity index (χ3n) is 6.59.